The SMILES string of the molecule is C=C(CN)C1CCCCN1Cc1ccccc1. The lowest BCUT2D eigenvalue weighted by molar-refractivity contribution is 0.163. The van der Waals surface area contributed by atoms with Crippen molar-refractivity contribution in [2.45, 2.75) is 31.8 Å². The van der Waals surface area contributed by atoms with Crippen molar-refractivity contribution in [3.8, 4) is 0 Å². The Morgan fingerprint density at radius 3 is 2.76 bits per heavy atom. The first-order valence-corrected chi connectivity index (χ1v) is 6.47. The van der Waals surface area contributed by atoms with E-state index >= 15 is 0 Å². The second-order valence-corrected chi connectivity index (χ2v) is 4.83. The molecule has 92 valence electrons. The molecule has 1 saturated heterocycles. The Morgan fingerprint density at radius 2 is 2.06 bits per heavy atom. The lowest BCUT2D eigenvalue weighted by Gasteiger charge is -2.36. The molecule has 17 heavy (non-hydrogen) atoms. The molecule has 0 aromatic heterocycles. The highest BCUT2D eigenvalue weighted by atomic mass is 15.2. The molecule has 1 aliphatic heterocycles. The molecule has 1 aromatic carbocycles. The van der Waals surface area contributed by atoms with Crippen molar-refractivity contribution in [2.75, 3.05) is 13.1 Å². The number of nitrogens with zero attached hydrogens (tertiary/aromatic N) is 1. The molecular weight excluding hydrogens is 208 g/mol. The Hall–Kier alpha value is -1.12. The fourth-order valence-corrected chi connectivity index (χ4v) is 2.60. The summed E-state index contributed by atoms with van der Waals surface area (Å²) in [5.41, 5.74) is 8.29. The van der Waals surface area contributed by atoms with Crippen LogP contribution < -0.4 is 5.73 Å². The minimum Gasteiger partial charge on any atom is -0.327 e. The van der Waals surface area contributed by atoms with Crippen LogP contribution in [0.15, 0.2) is 42.5 Å². The van der Waals surface area contributed by atoms with E-state index in [1.165, 1.54) is 36.9 Å². The lowest BCUT2D eigenvalue weighted by Crippen LogP contribution is -2.41. The van der Waals surface area contributed by atoms with Crippen molar-refractivity contribution in [2.24, 2.45) is 5.73 Å². The monoisotopic (exact) mass is 230 g/mol. The van der Waals surface area contributed by atoms with Crippen LogP contribution in [0.25, 0.3) is 0 Å². The summed E-state index contributed by atoms with van der Waals surface area (Å²) in [4.78, 5) is 2.52. The van der Waals surface area contributed by atoms with Crippen LogP contribution in [0.5, 0.6) is 0 Å². The fraction of sp³-hybridized carbons (Fsp3) is 0.467. The summed E-state index contributed by atoms with van der Waals surface area (Å²) in [7, 11) is 0. The normalized spacial score (nSPS) is 21.4. The molecule has 2 N–H and O–H groups in total. The number of piperidine rings is 1. The molecule has 1 unspecified atom stereocenters. The van der Waals surface area contributed by atoms with Crippen molar-refractivity contribution in [3.05, 3.63) is 48.0 Å². The first kappa shape index (κ1) is 12.3. The average molecular weight is 230 g/mol. The molecule has 2 heteroatoms. The molecule has 0 spiro atoms. The molecule has 0 amide bonds. The van der Waals surface area contributed by atoms with E-state index < -0.39 is 0 Å². The summed E-state index contributed by atoms with van der Waals surface area (Å²) in [6, 6.07) is 11.1. The highest BCUT2D eigenvalue weighted by Gasteiger charge is 2.23. The third-order valence-electron chi connectivity index (χ3n) is 3.58. The van der Waals surface area contributed by atoms with Gasteiger partial charge in [-0.3, -0.25) is 4.90 Å². The second-order valence-electron chi connectivity index (χ2n) is 4.83. The number of rotatable bonds is 4. The number of hydrogen-bond donors (Lipinski definition) is 1. The molecule has 0 bridgehead atoms. The van der Waals surface area contributed by atoms with E-state index in [4.69, 9.17) is 5.73 Å². The van der Waals surface area contributed by atoms with Crippen LogP contribution in [0.4, 0.5) is 0 Å². The van der Waals surface area contributed by atoms with Gasteiger partial charge in [0.25, 0.3) is 0 Å². The van der Waals surface area contributed by atoms with Gasteiger partial charge in [0, 0.05) is 19.1 Å². The van der Waals surface area contributed by atoms with E-state index in [2.05, 4.69) is 41.8 Å². The largest absolute Gasteiger partial charge is 0.327 e. The van der Waals surface area contributed by atoms with Crippen LogP contribution in [-0.4, -0.2) is 24.0 Å². The Labute approximate surface area is 104 Å². The van der Waals surface area contributed by atoms with Gasteiger partial charge in [-0.2, -0.15) is 0 Å². The maximum Gasteiger partial charge on any atom is 0.0320 e. The molecular formula is C15H22N2. The minimum atomic E-state index is 0.481. The maximum absolute atomic E-state index is 5.73. The standard InChI is InChI=1S/C15H22N2/c1-13(11-16)15-9-5-6-10-17(15)12-14-7-3-2-4-8-14/h2-4,7-8,15H,1,5-6,9-12,16H2. The first-order valence-electron chi connectivity index (χ1n) is 6.47. The number of nitrogens with two attached hydrogens (primary N) is 1. The maximum atomic E-state index is 5.73. The van der Waals surface area contributed by atoms with Crippen molar-refractivity contribution in [3.63, 3.8) is 0 Å². The van der Waals surface area contributed by atoms with Gasteiger partial charge in [-0.1, -0.05) is 43.3 Å². The van der Waals surface area contributed by atoms with Gasteiger partial charge in [0.1, 0.15) is 0 Å². The van der Waals surface area contributed by atoms with Crippen molar-refractivity contribution >= 4 is 0 Å². The van der Waals surface area contributed by atoms with Gasteiger partial charge in [-0.25, -0.2) is 0 Å². The van der Waals surface area contributed by atoms with Crippen molar-refractivity contribution < 1.29 is 0 Å². The third kappa shape index (κ3) is 3.18. The molecule has 2 nitrogen and oxygen atoms in total. The molecule has 1 fully saturated rings. The summed E-state index contributed by atoms with van der Waals surface area (Å²) in [6.07, 6.45) is 3.80. The highest BCUT2D eigenvalue weighted by Crippen LogP contribution is 2.23. The van der Waals surface area contributed by atoms with Gasteiger partial charge in [0.05, 0.1) is 0 Å². The van der Waals surface area contributed by atoms with Crippen LogP contribution in [0.1, 0.15) is 24.8 Å². The molecule has 1 aliphatic rings. The smallest absolute Gasteiger partial charge is 0.0320 e. The van der Waals surface area contributed by atoms with Crippen LogP contribution in [-0.2, 0) is 6.54 Å². The molecule has 0 saturated carbocycles. The van der Waals surface area contributed by atoms with E-state index in [1.54, 1.807) is 0 Å². The van der Waals surface area contributed by atoms with Crippen molar-refractivity contribution in [1.82, 2.24) is 4.90 Å². The van der Waals surface area contributed by atoms with Crippen LogP contribution in [0.2, 0.25) is 0 Å². The van der Waals surface area contributed by atoms with Gasteiger partial charge in [0.2, 0.25) is 0 Å². The topological polar surface area (TPSA) is 29.3 Å². The van der Waals surface area contributed by atoms with Crippen LogP contribution in [0.3, 0.4) is 0 Å². The Bertz CT molecular complexity index is 358. The van der Waals surface area contributed by atoms with Gasteiger partial charge in [-0.15, -0.1) is 0 Å². The second kappa shape index (κ2) is 5.99. The van der Waals surface area contributed by atoms with Crippen LogP contribution >= 0.6 is 0 Å². The predicted octanol–water partition coefficient (Wildman–Crippen LogP) is 2.56. The lowest BCUT2D eigenvalue weighted by atomic mass is 9.95. The van der Waals surface area contributed by atoms with E-state index in [0.717, 1.165) is 6.54 Å². The molecule has 0 aliphatic carbocycles. The zero-order valence-electron chi connectivity index (χ0n) is 10.4. The first-order chi connectivity index (χ1) is 8.31. The Balaban J connectivity index is 2.04. The zero-order valence-corrected chi connectivity index (χ0v) is 10.4. The summed E-state index contributed by atoms with van der Waals surface area (Å²) < 4.78 is 0. The van der Waals surface area contributed by atoms with Gasteiger partial charge >= 0.3 is 0 Å². The van der Waals surface area contributed by atoms with E-state index in [9.17, 15) is 0 Å². The molecule has 1 atom stereocenters. The molecule has 2 rings (SSSR count). The minimum absolute atomic E-state index is 0.481. The predicted molar refractivity (Wildman–Crippen MR) is 72.7 cm³/mol. The summed E-state index contributed by atoms with van der Waals surface area (Å²) in [5.74, 6) is 0. The highest BCUT2D eigenvalue weighted by molar-refractivity contribution is 5.16. The Morgan fingerprint density at radius 1 is 1.29 bits per heavy atom. The molecule has 1 heterocycles. The number of hydrogen-bond acceptors (Lipinski definition) is 2. The van der Waals surface area contributed by atoms with Crippen LogP contribution in [0, 0.1) is 0 Å². The van der Waals surface area contributed by atoms with E-state index in [0.29, 0.717) is 12.6 Å². The molecule has 1 aromatic rings. The van der Waals surface area contributed by atoms with Crippen molar-refractivity contribution in [1.29, 1.82) is 0 Å². The summed E-state index contributed by atoms with van der Waals surface area (Å²) in [6.45, 7) is 6.91. The van der Waals surface area contributed by atoms with E-state index in [-0.39, 0.29) is 0 Å². The third-order valence-corrected chi connectivity index (χ3v) is 3.58. The van der Waals surface area contributed by atoms with Gasteiger partial charge in [-0.05, 0) is 30.5 Å². The Kier molecular flexibility index (Phi) is 4.35. The quantitative estimate of drug-likeness (QED) is 0.805. The molecule has 0 radical (unpaired) electrons. The average Bonchev–Trinajstić information content (AvgIpc) is 2.40. The fourth-order valence-electron chi connectivity index (χ4n) is 2.60. The van der Waals surface area contributed by atoms with E-state index in [1.807, 2.05) is 0 Å². The number of benzene rings is 1. The van der Waals surface area contributed by atoms with Gasteiger partial charge < -0.3 is 5.73 Å². The summed E-state index contributed by atoms with van der Waals surface area (Å²) in [5, 5.41) is 0. The summed E-state index contributed by atoms with van der Waals surface area (Å²) >= 11 is 0. The van der Waals surface area contributed by atoms with Gasteiger partial charge in [0.15, 0.2) is 0 Å². The number of likely N-dealkylation sites (tertiary alicyclic amines) is 1. The zero-order chi connectivity index (χ0) is 12.1.